The summed E-state index contributed by atoms with van der Waals surface area (Å²) in [6, 6.07) is 7.03. The largest absolute Gasteiger partial charge is 0.378 e. The topological polar surface area (TPSA) is 66.9 Å². The number of piperidine rings is 2. The van der Waals surface area contributed by atoms with E-state index in [2.05, 4.69) is 0 Å². The van der Waals surface area contributed by atoms with Gasteiger partial charge in [-0.1, -0.05) is 18.6 Å². The molecule has 2 aliphatic rings. The first kappa shape index (κ1) is 21.3. The molecule has 1 aromatic carbocycles. The van der Waals surface area contributed by atoms with Gasteiger partial charge in [-0.3, -0.25) is 4.79 Å². The van der Waals surface area contributed by atoms with Gasteiger partial charge in [0.25, 0.3) is 0 Å². The number of hydrogen-bond acceptors (Lipinski definition) is 4. The van der Waals surface area contributed by atoms with Crippen LogP contribution in [0.25, 0.3) is 0 Å². The standard InChI is InChI=1S/C21H32N2O4S/c1-2-27-19-12-16-22(17-13-19)21(24)11-8-18-6-9-20(10-7-18)28(25,26)23-14-4-3-5-15-23/h6-7,9-10,19H,2-5,8,11-17H2,1H3. The molecule has 2 saturated heterocycles. The van der Waals surface area contributed by atoms with Gasteiger partial charge in [0.05, 0.1) is 11.0 Å². The molecule has 28 heavy (non-hydrogen) atoms. The molecule has 6 nitrogen and oxygen atoms in total. The highest BCUT2D eigenvalue weighted by molar-refractivity contribution is 7.89. The van der Waals surface area contributed by atoms with Crippen molar-refractivity contribution in [2.75, 3.05) is 32.8 Å². The highest BCUT2D eigenvalue weighted by atomic mass is 32.2. The van der Waals surface area contributed by atoms with E-state index in [1.54, 1.807) is 16.4 Å². The Kier molecular flexibility index (Phi) is 7.48. The normalized spacial score (nSPS) is 19.7. The van der Waals surface area contributed by atoms with Gasteiger partial charge in [0.15, 0.2) is 0 Å². The fourth-order valence-electron chi connectivity index (χ4n) is 4.00. The van der Waals surface area contributed by atoms with Crippen LogP contribution in [0.5, 0.6) is 0 Å². The molecule has 2 aliphatic heterocycles. The summed E-state index contributed by atoms with van der Waals surface area (Å²) in [6.07, 6.45) is 6.14. The van der Waals surface area contributed by atoms with Gasteiger partial charge in [0.2, 0.25) is 15.9 Å². The molecular formula is C21H32N2O4S. The van der Waals surface area contributed by atoms with Crippen molar-refractivity contribution in [2.24, 2.45) is 0 Å². The van der Waals surface area contributed by atoms with E-state index in [4.69, 9.17) is 4.74 Å². The predicted octanol–water partition coefficient (Wildman–Crippen LogP) is 2.82. The summed E-state index contributed by atoms with van der Waals surface area (Å²) in [5.41, 5.74) is 0.996. The number of amides is 1. The van der Waals surface area contributed by atoms with E-state index in [9.17, 15) is 13.2 Å². The monoisotopic (exact) mass is 408 g/mol. The molecule has 1 amide bonds. The molecular weight excluding hydrogens is 376 g/mol. The number of sulfonamides is 1. The number of aryl methyl sites for hydroxylation is 1. The van der Waals surface area contributed by atoms with Crippen molar-refractivity contribution in [1.82, 2.24) is 9.21 Å². The van der Waals surface area contributed by atoms with Crippen molar-refractivity contribution in [3.8, 4) is 0 Å². The van der Waals surface area contributed by atoms with E-state index in [-0.39, 0.29) is 12.0 Å². The molecule has 0 bridgehead atoms. The zero-order chi connectivity index (χ0) is 20.0. The Morgan fingerprint density at radius 1 is 1.04 bits per heavy atom. The Bertz CT molecular complexity index is 734. The quantitative estimate of drug-likeness (QED) is 0.696. The second kappa shape index (κ2) is 9.85. The van der Waals surface area contributed by atoms with Crippen molar-refractivity contribution >= 4 is 15.9 Å². The van der Waals surface area contributed by atoms with Gasteiger partial charge in [-0.05, 0) is 56.7 Å². The molecule has 0 aliphatic carbocycles. The van der Waals surface area contributed by atoms with Crippen molar-refractivity contribution in [1.29, 1.82) is 0 Å². The van der Waals surface area contributed by atoms with Crippen molar-refractivity contribution in [3.05, 3.63) is 29.8 Å². The second-order valence-corrected chi connectivity index (χ2v) is 9.58. The van der Waals surface area contributed by atoms with Gasteiger partial charge >= 0.3 is 0 Å². The van der Waals surface area contributed by atoms with Gasteiger partial charge in [0, 0.05) is 39.2 Å². The number of nitrogens with zero attached hydrogens (tertiary/aromatic N) is 2. The highest BCUT2D eigenvalue weighted by Gasteiger charge is 2.26. The average Bonchev–Trinajstić information content (AvgIpc) is 2.74. The van der Waals surface area contributed by atoms with E-state index in [0.717, 1.165) is 57.4 Å². The molecule has 156 valence electrons. The molecule has 2 fully saturated rings. The molecule has 7 heteroatoms. The summed E-state index contributed by atoms with van der Waals surface area (Å²) in [6.45, 7) is 5.47. The van der Waals surface area contributed by atoms with E-state index in [1.165, 1.54) is 0 Å². The van der Waals surface area contributed by atoms with Crippen LogP contribution in [0.4, 0.5) is 0 Å². The van der Waals surface area contributed by atoms with E-state index in [0.29, 0.717) is 30.8 Å². The van der Waals surface area contributed by atoms with E-state index < -0.39 is 10.0 Å². The third-order valence-electron chi connectivity index (χ3n) is 5.70. The molecule has 0 unspecified atom stereocenters. The summed E-state index contributed by atoms with van der Waals surface area (Å²) in [5, 5.41) is 0. The number of carbonyl (C=O) groups excluding carboxylic acids is 1. The smallest absolute Gasteiger partial charge is 0.243 e. The van der Waals surface area contributed by atoms with Crippen molar-refractivity contribution in [3.63, 3.8) is 0 Å². The highest BCUT2D eigenvalue weighted by Crippen LogP contribution is 2.21. The fraction of sp³-hybridized carbons (Fsp3) is 0.667. The maximum absolute atomic E-state index is 12.7. The molecule has 2 heterocycles. The van der Waals surface area contributed by atoms with Crippen LogP contribution in [0.2, 0.25) is 0 Å². The minimum absolute atomic E-state index is 0.167. The van der Waals surface area contributed by atoms with Crippen LogP contribution >= 0.6 is 0 Å². The van der Waals surface area contributed by atoms with Gasteiger partial charge in [-0.2, -0.15) is 4.31 Å². The molecule has 1 aromatic rings. The number of carbonyl (C=O) groups is 1. The first-order chi connectivity index (χ1) is 13.5. The maximum Gasteiger partial charge on any atom is 0.243 e. The SMILES string of the molecule is CCOC1CCN(C(=O)CCc2ccc(S(=O)(=O)N3CCCCC3)cc2)CC1. The number of benzene rings is 1. The Morgan fingerprint density at radius 3 is 2.29 bits per heavy atom. The molecule has 0 atom stereocenters. The van der Waals surface area contributed by atoms with Gasteiger partial charge < -0.3 is 9.64 Å². The van der Waals surface area contributed by atoms with Crippen LogP contribution in [0.3, 0.4) is 0 Å². The van der Waals surface area contributed by atoms with Gasteiger partial charge in [-0.25, -0.2) is 8.42 Å². The van der Waals surface area contributed by atoms with E-state index in [1.807, 2.05) is 24.0 Å². The zero-order valence-electron chi connectivity index (χ0n) is 16.8. The zero-order valence-corrected chi connectivity index (χ0v) is 17.6. The summed E-state index contributed by atoms with van der Waals surface area (Å²) < 4.78 is 32.6. The first-order valence-electron chi connectivity index (χ1n) is 10.5. The third-order valence-corrected chi connectivity index (χ3v) is 7.61. The maximum atomic E-state index is 12.7. The molecule has 0 N–H and O–H groups in total. The summed E-state index contributed by atoms with van der Waals surface area (Å²) in [5.74, 6) is 0.167. The van der Waals surface area contributed by atoms with Gasteiger partial charge in [0.1, 0.15) is 0 Å². The van der Waals surface area contributed by atoms with Crippen LogP contribution in [-0.2, 0) is 26.0 Å². The third kappa shape index (κ3) is 5.33. The lowest BCUT2D eigenvalue weighted by molar-refractivity contribution is -0.133. The molecule has 3 rings (SSSR count). The van der Waals surface area contributed by atoms with Crippen molar-refractivity contribution in [2.45, 2.75) is 62.9 Å². The predicted molar refractivity (Wildman–Crippen MR) is 109 cm³/mol. The second-order valence-electron chi connectivity index (χ2n) is 7.64. The minimum Gasteiger partial charge on any atom is -0.378 e. The molecule has 0 saturated carbocycles. The Hall–Kier alpha value is -1.44. The van der Waals surface area contributed by atoms with E-state index >= 15 is 0 Å². The molecule has 0 spiro atoms. The average molecular weight is 409 g/mol. The van der Waals surface area contributed by atoms with Crippen LogP contribution in [0.1, 0.15) is 51.0 Å². The summed E-state index contributed by atoms with van der Waals surface area (Å²) >= 11 is 0. The molecule has 0 aromatic heterocycles. The number of rotatable bonds is 7. The molecule has 0 radical (unpaired) electrons. The number of likely N-dealkylation sites (tertiary alicyclic amines) is 1. The number of ether oxygens (including phenoxy) is 1. The van der Waals surface area contributed by atoms with Crippen LogP contribution < -0.4 is 0 Å². The van der Waals surface area contributed by atoms with Crippen LogP contribution in [-0.4, -0.2) is 62.4 Å². The Balaban J connectivity index is 1.50. The Morgan fingerprint density at radius 2 is 1.68 bits per heavy atom. The fourth-order valence-corrected chi connectivity index (χ4v) is 5.52. The summed E-state index contributed by atoms with van der Waals surface area (Å²) in [7, 11) is -3.39. The number of hydrogen-bond donors (Lipinski definition) is 0. The Labute approximate surface area is 168 Å². The van der Waals surface area contributed by atoms with Gasteiger partial charge in [-0.15, -0.1) is 0 Å². The summed E-state index contributed by atoms with van der Waals surface area (Å²) in [4.78, 5) is 14.7. The first-order valence-corrected chi connectivity index (χ1v) is 11.9. The lowest BCUT2D eigenvalue weighted by atomic mass is 10.1. The van der Waals surface area contributed by atoms with Crippen molar-refractivity contribution < 1.29 is 17.9 Å². The van der Waals surface area contributed by atoms with Crippen LogP contribution in [0, 0.1) is 0 Å². The van der Waals surface area contributed by atoms with Crippen LogP contribution in [0.15, 0.2) is 29.2 Å². The lowest BCUT2D eigenvalue weighted by Gasteiger charge is -2.31. The lowest BCUT2D eigenvalue weighted by Crippen LogP contribution is -2.41. The minimum atomic E-state index is -3.39.